The number of rotatable bonds is 3. The molecular weight excluding hydrogens is 310 g/mol. The largest absolute Gasteiger partial charge is 0.309 e. The third-order valence-corrected chi connectivity index (χ3v) is 5.28. The lowest BCUT2D eigenvalue weighted by Crippen LogP contribution is -2.42. The molecule has 0 radical (unpaired) electrons. The second-order valence-electron chi connectivity index (χ2n) is 5.65. The Labute approximate surface area is 138 Å². The van der Waals surface area contributed by atoms with Crippen LogP contribution in [0, 0.1) is 0 Å². The zero-order chi connectivity index (χ0) is 15.8. The standard InChI is InChI=1S/C16H17N5OS/c1-19-11-13(10-18-19)20-8-4-6-14(15(20)22)23-16-17-9-12-5-2-3-7-21(12)16/h2-3,5,7,9-11,14H,4,6,8H2,1H3/t14-/m0/s1. The van der Waals surface area contributed by atoms with Crippen molar-refractivity contribution in [2.24, 2.45) is 7.05 Å². The smallest absolute Gasteiger partial charge is 0.240 e. The fourth-order valence-electron chi connectivity index (χ4n) is 2.89. The van der Waals surface area contributed by atoms with Crippen LogP contribution in [0.15, 0.2) is 48.1 Å². The van der Waals surface area contributed by atoms with Crippen LogP contribution in [0.25, 0.3) is 5.52 Å². The Balaban J connectivity index is 1.58. The van der Waals surface area contributed by atoms with Gasteiger partial charge in [0.15, 0.2) is 5.16 Å². The molecule has 0 bridgehead atoms. The van der Waals surface area contributed by atoms with Crippen LogP contribution in [-0.4, -0.2) is 36.9 Å². The van der Waals surface area contributed by atoms with Gasteiger partial charge in [-0.1, -0.05) is 17.8 Å². The fourth-order valence-corrected chi connectivity index (χ4v) is 4.05. The van der Waals surface area contributed by atoms with Crippen LogP contribution in [0.4, 0.5) is 5.69 Å². The Morgan fingerprint density at radius 2 is 2.22 bits per heavy atom. The second-order valence-corrected chi connectivity index (χ2v) is 6.82. The molecule has 1 atom stereocenters. The van der Waals surface area contributed by atoms with Gasteiger partial charge < -0.3 is 4.90 Å². The van der Waals surface area contributed by atoms with E-state index in [9.17, 15) is 4.79 Å². The number of thioether (sulfide) groups is 1. The van der Waals surface area contributed by atoms with Gasteiger partial charge in [0.05, 0.1) is 28.8 Å². The minimum Gasteiger partial charge on any atom is -0.309 e. The molecule has 1 saturated heterocycles. The second kappa shape index (κ2) is 5.73. The highest BCUT2D eigenvalue weighted by Gasteiger charge is 2.32. The highest BCUT2D eigenvalue weighted by Crippen LogP contribution is 2.32. The van der Waals surface area contributed by atoms with E-state index in [1.165, 1.54) is 0 Å². The number of hydrogen-bond donors (Lipinski definition) is 0. The van der Waals surface area contributed by atoms with Crippen molar-refractivity contribution >= 4 is 28.9 Å². The number of piperidine rings is 1. The SMILES string of the molecule is Cn1cc(N2CCC[C@H](Sc3ncc4ccccn34)C2=O)cn1. The summed E-state index contributed by atoms with van der Waals surface area (Å²) in [6, 6.07) is 5.98. The van der Waals surface area contributed by atoms with Gasteiger partial charge in [0, 0.05) is 26.0 Å². The Morgan fingerprint density at radius 3 is 3.04 bits per heavy atom. The van der Waals surface area contributed by atoms with E-state index in [2.05, 4.69) is 10.1 Å². The number of anilines is 1. The van der Waals surface area contributed by atoms with Gasteiger partial charge in [0.25, 0.3) is 0 Å². The average molecular weight is 327 g/mol. The summed E-state index contributed by atoms with van der Waals surface area (Å²) in [6.07, 6.45) is 9.32. The van der Waals surface area contributed by atoms with Gasteiger partial charge in [0.2, 0.25) is 5.91 Å². The van der Waals surface area contributed by atoms with Crippen LogP contribution in [0.2, 0.25) is 0 Å². The number of fused-ring (bicyclic) bond motifs is 1. The number of amides is 1. The minimum atomic E-state index is -0.102. The van der Waals surface area contributed by atoms with Crippen molar-refractivity contribution in [1.29, 1.82) is 0 Å². The van der Waals surface area contributed by atoms with Gasteiger partial charge in [-0.05, 0) is 25.0 Å². The molecule has 0 saturated carbocycles. The molecule has 6 nitrogen and oxygen atoms in total. The van der Waals surface area contributed by atoms with Crippen LogP contribution in [0.3, 0.4) is 0 Å². The molecular formula is C16H17N5OS. The minimum absolute atomic E-state index is 0.102. The Hall–Kier alpha value is -2.28. The van der Waals surface area contributed by atoms with E-state index >= 15 is 0 Å². The quantitative estimate of drug-likeness (QED) is 0.741. The molecule has 1 aliphatic heterocycles. The molecule has 23 heavy (non-hydrogen) atoms. The molecule has 0 aliphatic carbocycles. The molecule has 1 amide bonds. The van der Waals surface area contributed by atoms with Crippen molar-refractivity contribution in [2.75, 3.05) is 11.4 Å². The van der Waals surface area contributed by atoms with Gasteiger partial charge in [-0.25, -0.2) is 4.98 Å². The summed E-state index contributed by atoms with van der Waals surface area (Å²) in [7, 11) is 1.86. The monoisotopic (exact) mass is 327 g/mol. The number of aryl methyl sites for hydroxylation is 1. The number of aromatic nitrogens is 4. The predicted octanol–water partition coefficient (Wildman–Crippen LogP) is 2.36. The maximum absolute atomic E-state index is 12.8. The number of carbonyl (C=O) groups is 1. The summed E-state index contributed by atoms with van der Waals surface area (Å²) in [6.45, 7) is 0.754. The molecule has 0 unspecified atom stereocenters. The Morgan fingerprint density at radius 1 is 1.30 bits per heavy atom. The van der Waals surface area contributed by atoms with E-state index in [0.29, 0.717) is 0 Å². The van der Waals surface area contributed by atoms with Crippen LogP contribution in [0.1, 0.15) is 12.8 Å². The van der Waals surface area contributed by atoms with E-state index in [4.69, 9.17) is 0 Å². The first kappa shape index (κ1) is 14.3. The predicted molar refractivity (Wildman–Crippen MR) is 89.6 cm³/mol. The highest BCUT2D eigenvalue weighted by atomic mass is 32.2. The van der Waals surface area contributed by atoms with Gasteiger partial charge >= 0.3 is 0 Å². The molecule has 7 heteroatoms. The normalized spacial score (nSPS) is 18.7. The van der Waals surface area contributed by atoms with Crippen molar-refractivity contribution in [1.82, 2.24) is 19.2 Å². The maximum Gasteiger partial charge on any atom is 0.240 e. The third-order valence-electron chi connectivity index (χ3n) is 4.04. The molecule has 3 aromatic rings. The fraction of sp³-hybridized carbons (Fsp3) is 0.312. The van der Waals surface area contributed by atoms with Crippen LogP contribution in [0.5, 0.6) is 0 Å². The molecule has 4 heterocycles. The van der Waals surface area contributed by atoms with Crippen molar-refractivity contribution in [3.8, 4) is 0 Å². The van der Waals surface area contributed by atoms with Gasteiger partial charge in [0.1, 0.15) is 0 Å². The Kier molecular flexibility index (Phi) is 3.57. The lowest BCUT2D eigenvalue weighted by atomic mass is 10.1. The first-order chi connectivity index (χ1) is 11.2. The zero-order valence-electron chi connectivity index (χ0n) is 12.8. The number of nitrogens with zero attached hydrogens (tertiary/aromatic N) is 5. The first-order valence-electron chi connectivity index (χ1n) is 7.61. The molecule has 0 aromatic carbocycles. The van der Waals surface area contributed by atoms with E-state index in [0.717, 1.165) is 35.7 Å². The molecule has 118 valence electrons. The number of pyridine rings is 1. The first-order valence-corrected chi connectivity index (χ1v) is 8.49. The van der Waals surface area contributed by atoms with E-state index < -0.39 is 0 Å². The molecule has 0 N–H and O–H groups in total. The summed E-state index contributed by atoms with van der Waals surface area (Å²) >= 11 is 1.55. The molecule has 3 aromatic heterocycles. The average Bonchev–Trinajstić information content (AvgIpc) is 3.16. The van der Waals surface area contributed by atoms with Crippen molar-refractivity contribution in [2.45, 2.75) is 23.2 Å². The lowest BCUT2D eigenvalue weighted by molar-refractivity contribution is -0.119. The van der Waals surface area contributed by atoms with Gasteiger partial charge in [-0.3, -0.25) is 13.9 Å². The number of carbonyl (C=O) groups excluding carboxylic acids is 1. The van der Waals surface area contributed by atoms with E-state index in [-0.39, 0.29) is 11.2 Å². The third kappa shape index (κ3) is 2.61. The van der Waals surface area contributed by atoms with E-state index in [1.807, 2.05) is 53.1 Å². The molecule has 4 rings (SSSR count). The molecule has 0 spiro atoms. The maximum atomic E-state index is 12.8. The molecule has 1 aliphatic rings. The molecule has 1 fully saturated rings. The zero-order valence-corrected chi connectivity index (χ0v) is 13.6. The number of hydrogen-bond acceptors (Lipinski definition) is 4. The van der Waals surface area contributed by atoms with Gasteiger partial charge in [-0.15, -0.1) is 0 Å². The summed E-state index contributed by atoms with van der Waals surface area (Å²) in [5, 5.41) is 4.93. The van der Waals surface area contributed by atoms with Crippen molar-refractivity contribution < 1.29 is 4.79 Å². The Bertz CT molecular complexity index is 855. The topological polar surface area (TPSA) is 55.4 Å². The highest BCUT2D eigenvalue weighted by molar-refractivity contribution is 8.00. The van der Waals surface area contributed by atoms with Crippen molar-refractivity contribution in [3.05, 3.63) is 43.0 Å². The van der Waals surface area contributed by atoms with Crippen molar-refractivity contribution in [3.63, 3.8) is 0 Å². The van der Waals surface area contributed by atoms with Crippen LogP contribution in [-0.2, 0) is 11.8 Å². The van der Waals surface area contributed by atoms with Crippen LogP contribution >= 0.6 is 11.8 Å². The summed E-state index contributed by atoms with van der Waals surface area (Å²) in [4.78, 5) is 19.1. The van der Waals surface area contributed by atoms with Crippen LogP contribution < -0.4 is 4.90 Å². The van der Waals surface area contributed by atoms with Gasteiger partial charge in [-0.2, -0.15) is 5.10 Å². The summed E-state index contributed by atoms with van der Waals surface area (Å²) in [5.74, 6) is 0.141. The summed E-state index contributed by atoms with van der Waals surface area (Å²) < 4.78 is 3.75. The number of imidazole rings is 1. The summed E-state index contributed by atoms with van der Waals surface area (Å²) in [5.41, 5.74) is 1.91. The lowest BCUT2D eigenvalue weighted by Gasteiger charge is -2.30. The van der Waals surface area contributed by atoms with E-state index in [1.54, 1.807) is 22.6 Å².